The first kappa shape index (κ1) is 18.4. The predicted molar refractivity (Wildman–Crippen MR) is 105 cm³/mol. The summed E-state index contributed by atoms with van der Waals surface area (Å²) in [5.74, 6) is 0.558. The molecule has 0 aliphatic heterocycles. The minimum atomic E-state index is -0.413. The highest BCUT2D eigenvalue weighted by Crippen LogP contribution is 2.18. The number of aryl methyl sites for hydroxylation is 1. The highest BCUT2D eigenvalue weighted by molar-refractivity contribution is 6.31. The van der Waals surface area contributed by atoms with Crippen LogP contribution in [-0.2, 0) is 6.54 Å². The molecule has 0 aliphatic carbocycles. The van der Waals surface area contributed by atoms with E-state index in [4.69, 9.17) is 16.9 Å². The predicted octanol–water partition coefficient (Wildman–Crippen LogP) is 4.17. The van der Waals surface area contributed by atoms with E-state index in [1.54, 1.807) is 37.3 Å². The van der Waals surface area contributed by atoms with Gasteiger partial charge in [0.05, 0.1) is 11.3 Å². The molecule has 7 heteroatoms. The topological polar surface area (TPSA) is 90.7 Å². The standard InChI is InChI=1S/C20H16ClN5O/c1-13-24-18(20(27)26-17-9-5-3-6-14(17)11-22)10-19(25-13)23-12-15-7-2-4-8-16(15)21/h2-10H,12H2,1H3,(H,26,27)(H,23,24,25). The summed E-state index contributed by atoms with van der Waals surface area (Å²) < 4.78 is 0. The van der Waals surface area contributed by atoms with Crippen molar-refractivity contribution in [2.75, 3.05) is 10.6 Å². The van der Waals surface area contributed by atoms with Crippen LogP contribution in [0.25, 0.3) is 0 Å². The van der Waals surface area contributed by atoms with Crippen LogP contribution in [-0.4, -0.2) is 15.9 Å². The number of halogens is 1. The molecule has 0 saturated carbocycles. The lowest BCUT2D eigenvalue weighted by Gasteiger charge is -2.10. The van der Waals surface area contributed by atoms with Gasteiger partial charge in [-0.3, -0.25) is 4.79 Å². The van der Waals surface area contributed by atoms with Crippen molar-refractivity contribution in [3.05, 3.63) is 82.3 Å². The van der Waals surface area contributed by atoms with E-state index in [-0.39, 0.29) is 5.69 Å². The SMILES string of the molecule is Cc1nc(NCc2ccccc2Cl)cc(C(=O)Nc2ccccc2C#N)n1. The van der Waals surface area contributed by atoms with Gasteiger partial charge in [-0.2, -0.15) is 5.26 Å². The van der Waals surface area contributed by atoms with E-state index in [1.165, 1.54) is 0 Å². The van der Waals surface area contributed by atoms with E-state index in [1.807, 2.05) is 30.3 Å². The minimum Gasteiger partial charge on any atom is -0.366 e. The zero-order valence-corrected chi connectivity index (χ0v) is 15.3. The maximum atomic E-state index is 12.6. The van der Waals surface area contributed by atoms with Crippen LogP contribution >= 0.6 is 11.6 Å². The molecule has 2 N–H and O–H groups in total. The van der Waals surface area contributed by atoms with Gasteiger partial charge in [-0.1, -0.05) is 41.9 Å². The summed E-state index contributed by atoms with van der Waals surface area (Å²) in [5.41, 5.74) is 1.95. The number of carbonyl (C=O) groups excluding carboxylic acids is 1. The molecule has 1 amide bonds. The highest BCUT2D eigenvalue weighted by atomic mass is 35.5. The van der Waals surface area contributed by atoms with Gasteiger partial charge in [-0.15, -0.1) is 0 Å². The van der Waals surface area contributed by atoms with Gasteiger partial charge in [-0.05, 0) is 30.7 Å². The lowest BCUT2D eigenvalue weighted by atomic mass is 10.2. The van der Waals surface area contributed by atoms with Crippen LogP contribution in [0.2, 0.25) is 5.02 Å². The first-order valence-corrected chi connectivity index (χ1v) is 8.58. The van der Waals surface area contributed by atoms with Crippen LogP contribution in [0.1, 0.15) is 27.4 Å². The number of rotatable bonds is 5. The second-order valence-corrected chi connectivity index (χ2v) is 6.15. The summed E-state index contributed by atoms with van der Waals surface area (Å²) in [7, 11) is 0. The number of anilines is 2. The summed E-state index contributed by atoms with van der Waals surface area (Å²) in [5, 5.41) is 15.7. The Morgan fingerprint density at radius 3 is 2.67 bits per heavy atom. The highest BCUT2D eigenvalue weighted by Gasteiger charge is 2.13. The maximum Gasteiger partial charge on any atom is 0.274 e. The van der Waals surface area contributed by atoms with E-state index < -0.39 is 5.91 Å². The van der Waals surface area contributed by atoms with Gasteiger partial charge in [-0.25, -0.2) is 9.97 Å². The fourth-order valence-electron chi connectivity index (χ4n) is 2.48. The summed E-state index contributed by atoms with van der Waals surface area (Å²) in [6.45, 7) is 2.18. The molecule has 3 aromatic rings. The van der Waals surface area contributed by atoms with Crippen molar-refractivity contribution in [2.24, 2.45) is 0 Å². The molecule has 1 aromatic heterocycles. The van der Waals surface area contributed by atoms with Gasteiger partial charge in [0.2, 0.25) is 0 Å². The largest absolute Gasteiger partial charge is 0.366 e. The number of hydrogen-bond acceptors (Lipinski definition) is 5. The van der Waals surface area contributed by atoms with E-state index in [0.717, 1.165) is 5.56 Å². The van der Waals surface area contributed by atoms with E-state index in [2.05, 4.69) is 20.6 Å². The molecule has 0 aliphatic rings. The Kier molecular flexibility index (Phi) is 5.64. The summed E-state index contributed by atoms with van der Waals surface area (Å²) in [6, 6.07) is 17.9. The molecule has 0 fully saturated rings. The van der Waals surface area contributed by atoms with E-state index in [0.29, 0.717) is 34.5 Å². The molecule has 134 valence electrons. The minimum absolute atomic E-state index is 0.205. The number of nitrogens with zero attached hydrogens (tertiary/aromatic N) is 3. The summed E-state index contributed by atoms with van der Waals surface area (Å²) in [6.07, 6.45) is 0. The second kappa shape index (κ2) is 8.30. The average Bonchev–Trinajstić information content (AvgIpc) is 2.67. The normalized spacial score (nSPS) is 10.1. The van der Waals surface area contributed by atoms with Crippen molar-refractivity contribution in [3.63, 3.8) is 0 Å². The van der Waals surface area contributed by atoms with Crippen LogP contribution in [0, 0.1) is 18.3 Å². The third-order valence-electron chi connectivity index (χ3n) is 3.78. The Balaban J connectivity index is 1.77. The van der Waals surface area contributed by atoms with Gasteiger partial charge in [0.15, 0.2) is 0 Å². The van der Waals surface area contributed by atoms with Crippen molar-refractivity contribution in [1.29, 1.82) is 5.26 Å². The number of benzene rings is 2. The zero-order valence-electron chi connectivity index (χ0n) is 14.5. The molecule has 0 atom stereocenters. The molecule has 27 heavy (non-hydrogen) atoms. The van der Waals surface area contributed by atoms with Crippen LogP contribution in [0.15, 0.2) is 54.6 Å². The van der Waals surface area contributed by atoms with Crippen molar-refractivity contribution >= 4 is 29.0 Å². The first-order valence-electron chi connectivity index (χ1n) is 8.20. The lowest BCUT2D eigenvalue weighted by molar-refractivity contribution is 0.102. The zero-order chi connectivity index (χ0) is 19.2. The molecule has 0 unspecified atom stereocenters. The molecule has 1 heterocycles. The Hall–Kier alpha value is -3.43. The first-order chi connectivity index (χ1) is 13.1. The molecule has 6 nitrogen and oxygen atoms in total. The lowest BCUT2D eigenvalue weighted by Crippen LogP contribution is -2.16. The number of amides is 1. The average molecular weight is 378 g/mol. The van der Waals surface area contributed by atoms with Crippen molar-refractivity contribution < 1.29 is 4.79 Å². The number of hydrogen-bond donors (Lipinski definition) is 2. The number of aromatic nitrogens is 2. The molecule has 0 bridgehead atoms. The Morgan fingerprint density at radius 1 is 1.15 bits per heavy atom. The second-order valence-electron chi connectivity index (χ2n) is 5.74. The molecular weight excluding hydrogens is 362 g/mol. The van der Waals surface area contributed by atoms with Crippen molar-refractivity contribution in [1.82, 2.24) is 9.97 Å². The fourth-order valence-corrected chi connectivity index (χ4v) is 2.68. The molecular formula is C20H16ClN5O. The van der Waals surface area contributed by atoms with Gasteiger partial charge < -0.3 is 10.6 Å². The van der Waals surface area contributed by atoms with Crippen LogP contribution in [0.4, 0.5) is 11.5 Å². The van der Waals surface area contributed by atoms with Gasteiger partial charge in [0.1, 0.15) is 23.4 Å². The Labute approximate surface area is 161 Å². The maximum absolute atomic E-state index is 12.6. The molecule has 2 aromatic carbocycles. The molecule has 0 saturated heterocycles. The van der Waals surface area contributed by atoms with Crippen molar-refractivity contribution in [3.8, 4) is 6.07 Å². The van der Waals surface area contributed by atoms with Gasteiger partial charge in [0.25, 0.3) is 5.91 Å². The monoisotopic (exact) mass is 377 g/mol. The van der Waals surface area contributed by atoms with Crippen LogP contribution in [0.5, 0.6) is 0 Å². The van der Waals surface area contributed by atoms with E-state index >= 15 is 0 Å². The number of para-hydroxylation sites is 1. The van der Waals surface area contributed by atoms with Crippen LogP contribution < -0.4 is 10.6 Å². The summed E-state index contributed by atoms with van der Waals surface area (Å²) in [4.78, 5) is 21.0. The van der Waals surface area contributed by atoms with Gasteiger partial charge >= 0.3 is 0 Å². The number of carbonyl (C=O) groups is 1. The Morgan fingerprint density at radius 2 is 1.89 bits per heavy atom. The fraction of sp³-hybridized carbons (Fsp3) is 0.100. The third kappa shape index (κ3) is 4.60. The molecule has 0 radical (unpaired) electrons. The van der Waals surface area contributed by atoms with Crippen LogP contribution in [0.3, 0.4) is 0 Å². The van der Waals surface area contributed by atoms with Gasteiger partial charge in [0, 0.05) is 17.6 Å². The molecule has 3 rings (SSSR count). The summed E-state index contributed by atoms with van der Waals surface area (Å²) >= 11 is 6.16. The van der Waals surface area contributed by atoms with E-state index in [9.17, 15) is 4.79 Å². The third-order valence-corrected chi connectivity index (χ3v) is 4.15. The van der Waals surface area contributed by atoms with Crippen molar-refractivity contribution in [2.45, 2.75) is 13.5 Å². The quantitative estimate of drug-likeness (QED) is 0.696. The number of nitrogens with one attached hydrogen (secondary N) is 2. The number of nitriles is 1. The molecule has 0 spiro atoms. The Bertz CT molecular complexity index is 1030. The smallest absolute Gasteiger partial charge is 0.274 e.